The molecule has 3 rings (SSSR count). The number of carbonyl (C=O) groups excluding carboxylic acids is 2. The number of carboxylic acids is 1. The number of amides is 2. The van der Waals surface area contributed by atoms with Crippen LogP contribution in [-0.4, -0.2) is 58.4 Å². The Bertz CT molecular complexity index is 630. The fourth-order valence-corrected chi connectivity index (χ4v) is 4.02. The van der Waals surface area contributed by atoms with E-state index in [1.807, 2.05) is 11.4 Å². The van der Waals surface area contributed by atoms with Crippen molar-refractivity contribution in [2.45, 2.75) is 32.2 Å². The molecule has 1 aromatic rings. The zero-order chi connectivity index (χ0) is 16.6. The smallest absolute Gasteiger partial charge is 0.311 e. The molecule has 2 amide bonds. The van der Waals surface area contributed by atoms with E-state index in [-0.39, 0.29) is 18.4 Å². The van der Waals surface area contributed by atoms with Crippen molar-refractivity contribution in [3.8, 4) is 0 Å². The minimum atomic E-state index is -0.878. The van der Waals surface area contributed by atoms with E-state index in [4.69, 9.17) is 0 Å². The minimum Gasteiger partial charge on any atom is -0.481 e. The van der Waals surface area contributed by atoms with Crippen LogP contribution >= 0.6 is 11.3 Å². The molecule has 0 saturated carbocycles. The van der Waals surface area contributed by atoms with E-state index in [0.717, 1.165) is 6.42 Å². The molecule has 2 fully saturated rings. The van der Waals surface area contributed by atoms with Gasteiger partial charge in [0.15, 0.2) is 0 Å². The zero-order valence-electron chi connectivity index (χ0n) is 13.0. The Kier molecular flexibility index (Phi) is 4.14. The first-order valence-corrected chi connectivity index (χ1v) is 8.67. The molecular formula is C16H20N2O4S. The predicted molar refractivity (Wildman–Crippen MR) is 85.3 cm³/mol. The van der Waals surface area contributed by atoms with Crippen LogP contribution < -0.4 is 0 Å². The first-order valence-electron chi connectivity index (χ1n) is 7.79. The third-order valence-electron chi connectivity index (χ3n) is 4.83. The molecule has 7 heteroatoms. The number of nitrogens with zero attached hydrogens (tertiary/aromatic N) is 2. The van der Waals surface area contributed by atoms with Crippen LogP contribution in [0.25, 0.3) is 0 Å². The second kappa shape index (κ2) is 5.96. The first kappa shape index (κ1) is 16.0. The fourth-order valence-electron chi connectivity index (χ4n) is 3.34. The first-order chi connectivity index (χ1) is 10.9. The Balaban J connectivity index is 1.72. The number of carboxylic acid groups (broad SMARTS) is 1. The van der Waals surface area contributed by atoms with Crippen molar-refractivity contribution in [3.63, 3.8) is 0 Å². The van der Waals surface area contributed by atoms with Crippen LogP contribution in [0.1, 0.15) is 35.9 Å². The van der Waals surface area contributed by atoms with Crippen molar-refractivity contribution in [2.24, 2.45) is 5.41 Å². The summed E-state index contributed by atoms with van der Waals surface area (Å²) in [7, 11) is 0. The third-order valence-corrected chi connectivity index (χ3v) is 5.69. The quantitative estimate of drug-likeness (QED) is 0.911. The Morgan fingerprint density at radius 1 is 1.35 bits per heavy atom. The summed E-state index contributed by atoms with van der Waals surface area (Å²) in [5.74, 6) is -1.08. The number of hydrogen-bond donors (Lipinski definition) is 1. The predicted octanol–water partition coefficient (Wildman–Crippen LogP) is 1.68. The van der Waals surface area contributed by atoms with Gasteiger partial charge in [0.25, 0.3) is 5.91 Å². The number of carbonyl (C=O) groups is 3. The Hall–Kier alpha value is -1.89. The van der Waals surface area contributed by atoms with E-state index in [9.17, 15) is 19.5 Å². The van der Waals surface area contributed by atoms with Crippen LogP contribution in [-0.2, 0) is 9.59 Å². The summed E-state index contributed by atoms with van der Waals surface area (Å²) >= 11 is 1.37. The molecule has 6 nitrogen and oxygen atoms in total. The average Bonchev–Trinajstić information content (AvgIpc) is 3.26. The average molecular weight is 336 g/mol. The van der Waals surface area contributed by atoms with E-state index in [1.165, 1.54) is 11.3 Å². The van der Waals surface area contributed by atoms with E-state index >= 15 is 0 Å². The number of likely N-dealkylation sites (tertiary alicyclic amines) is 2. The lowest BCUT2D eigenvalue weighted by Gasteiger charge is -2.28. The summed E-state index contributed by atoms with van der Waals surface area (Å²) in [5, 5.41) is 11.1. The molecular weight excluding hydrogens is 316 g/mol. The SMILES string of the molecule is CC1(C(=O)O)CCN(C(=O)[C@@H]2CCCN2C(=O)c2cccs2)C1. The van der Waals surface area contributed by atoms with Crippen molar-refractivity contribution in [3.05, 3.63) is 22.4 Å². The van der Waals surface area contributed by atoms with Gasteiger partial charge in [-0.1, -0.05) is 6.07 Å². The molecule has 0 aliphatic carbocycles. The lowest BCUT2D eigenvalue weighted by Crippen LogP contribution is -2.47. The van der Waals surface area contributed by atoms with Gasteiger partial charge in [0.1, 0.15) is 6.04 Å². The maximum atomic E-state index is 12.8. The van der Waals surface area contributed by atoms with E-state index in [1.54, 1.807) is 22.8 Å². The van der Waals surface area contributed by atoms with Gasteiger partial charge in [0, 0.05) is 19.6 Å². The van der Waals surface area contributed by atoms with Crippen LogP contribution in [0, 0.1) is 5.41 Å². The van der Waals surface area contributed by atoms with E-state index in [2.05, 4.69) is 0 Å². The molecule has 1 unspecified atom stereocenters. The summed E-state index contributed by atoms with van der Waals surface area (Å²) in [6.45, 7) is 2.92. The second-order valence-electron chi connectivity index (χ2n) is 6.51. The van der Waals surface area contributed by atoms with Gasteiger partial charge in [0.2, 0.25) is 5.91 Å². The molecule has 0 spiro atoms. The molecule has 2 aliphatic rings. The number of rotatable bonds is 3. The highest BCUT2D eigenvalue weighted by atomic mass is 32.1. The normalized spacial score (nSPS) is 27.4. The van der Waals surface area contributed by atoms with Crippen molar-refractivity contribution in [1.29, 1.82) is 0 Å². The third kappa shape index (κ3) is 2.85. The Morgan fingerprint density at radius 3 is 2.74 bits per heavy atom. The van der Waals surface area contributed by atoms with Gasteiger partial charge >= 0.3 is 5.97 Å². The number of aliphatic carboxylic acids is 1. The Labute approximate surface area is 138 Å². The topological polar surface area (TPSA) is 77.9 Å². The van der Waals surface area contributed by atoms with Gasteiger partial charge in [-0.2, -0.15) is 0 Å². The largest absolute Gasteiger partial charge is 0.481 e. The van der Waals surface area contributed by atoms with Gasteiger partial charge in [0.05, 0.1) is 10.3 Å². The van der Waals surface area contributed by atoms with Crippen molar-refractivity contribution in [2.75, 3.05) is 19.6 Å². The van der Waals surface area contributed by atoms with Crippen LogP contribution in [0.15, 0.2) is 17.5 Å². The monoisotopic (exact) mass is 336 g/mol. The van der Waals surface area contributed by atoms with Crippen LogP contribution in [0.4, 0.5) is 0 Å². The molecule has 23 heavy (non-hydrogen) atoms. The molecule has 0 bridgehead atoms. The van der Waals surface area contributed by atoms with E-state index < -0.39 is 17.4 Å². The van der Waals surface area contributed by atoms with Gasteiger partial charge in [-0.05, 0) is 37.6 Å². The molecule has 0 radical (unpaired) electrons. The molecule has 2 saturated heterocycles. The lowest BCUT2D eigenvalue weighted by atomic mass is 9.90. The summed E-state index contributed by atoms with van der Waals surface area (Å²) < 4.78 is 0. The van der Waals surface area contributed by atoms with Crippen LogP contribution in [0.5, 0.6) is 0 Å². The molecule has 3 heterocycles. The molecule has 1 N–H and O–H groups in total. The van der Waals surface area contributed by atoms with Gasteiger partial charge in [-0.15, -0.1) is 11.3 Å². The molecule has 0 aromatic carbocycles. The number of thiophene rings is 1. The fraction of sp³-hybridized carbons (Fsp3) is 0.562. The zero-order valence-corrected chi connectivity index (χ0v) is 13.8. The molecule has 124 valence electrons. The summed E-state index contributed by atoms with van der Waals surface area (Å²) in [6, 6.07) is 3.13. The van der Waals surface area contributed by atoms with Gasteiger partial charge < -0.3 is 14.9 Å². The number of hydrogen-bond acceptors (Lipinski definition) is 4. The van der Waals surface area contributed by atoms with Crippen LogP contribution in [0.2, 0.25) is 0 Å². The highest BCUT2D eigenvalue weighted by Gasteiger charge is 2.45. The standard InChI is InChI=1S/C16H20N2O4S/c1-16(15(21)22)6-8-17(10-16)13(19)11-4-2-7-18(11)14(20)12-5-3-9-23-12/h3,5,9,11H,2,4,6-8,10H2,1H3,(H,21,22)/t11-,16?/m0/s1. The van der Waals surface area contributed by atoms with Gasteiger partial charge in [-0.3, -0.25) is 14.4 Å². The summed E-state index contributed by atoms with van der Waals surface area (Å²) in [6.07, 6.45) is 1.91. The van der Waals surface area contributed by atoms with Crippen molar-refractivity contribution >= 4 is 29.1 Å². The Morgan fingerprint density at radius 2 is 2.13 bits per heavy atom. The van der Waals surface area contributed by atoms with Crippen LogP contribution in [0.3, 0.4) is 0 Å². The highest BCUT2D eigenvalue weighted by molar-refractivity contribution is 7.12. The molecule has 2 aliphatic heterocycles. The van der Waals surface area contributed by atoms with Gasteiger partial charge in [-0.25, -0.2) is 0 Å². The molecule has 1 aromatic heterocycles. The molecule has 2 atom stereocenters. The summed E-state index contributed by atoms with van der Waals surface area (Å²) in [4.78, 5) is 40.6. The van der Waals surface area contributed by atoms with Crippen molar-refractivity contribution in [1.82, 2.24) is 9.80 Å². The van der Waals surface area contributed by atoms with E-state index in [0.29, 0.717) is 30.8 Å². The highest BCUT2D eigenvalue weighted by Crippen LogP contribution is 2.32. The lowest BCUT2D eigenvalue weighted by molar-refractivity contribution is -0.147. The maximum Gasteiger partial charge on any atom is 0.311 e. The van der Waals surface area contributed by atoms with Crippen molar-refractivity contribution < 1.29 is 19.5 Å². The maximum absolute atomic E-state index is 12.8. The summed E-state index contributed by atoms with van der Waals surface area (Å²) in [5.41, 5.74) is -0.878. The second-order valence-corrected chi connectivity index (χ2v) is 7.46. The minimum absolute atomic E-state index is 0.101.